The smallest absolute Gasteiger partial charge is 0.231 e. The van der Waals surface area contributed by atoms with Gasteiger partial charge in [0.2, 0.25) is 6.79 Å². The van der Waals surface area contributed by atoms with Crippen molar-refractivity contribution >= 4 is 11.9 Å². The molecule has 4 nitrogen and oxygen atoms in total. The number of hydrogen-bond acceptors (Lipinski definition) is 4. The molecule has 0 atom stereocenters. The number of allylic oxidation sites excluding steroid dienone is 1. The number of rotatable bonds is 4. The van der Waals surface area contributed by atoms with E-state index in [0.29, 0.717) is 17.1 Å². The lowest BCUT2D eigenvalue weighted by Crippen LogP contribution is -1.98. The van der Waals surface area contributed by atoms with E-state index in [2.05, 4.69) is 0 Å². The maximum atomic E-state index is 12.2. The molecule has 0 radical (unpaired) electrons. The largest absolute Gasteiger partial charge is 0.496 e. The second-order valence-corrected chi connectivity index (χ2v) is 4.51. The summed E-state index contributed by atoms with van der Waals surface area (Å²) < 4.78 is 15.7. The van der Waals surface area contributed by atoms with Crippen LogP contribution in [0.3, 0.4) is 0 Å². The maximum absolute atomic E-state index is 12.2. The molecule has 0 spiro atoms. The molecule has 106 valence electrons. The third-order valence-electron chi connectivity index (χ3n) is 3.20. The van der Waals surface area contributed by atoms with Gasteiger partial charge in [0.25, 0.3) is 0 Å². The van der Waals surface area contributed by atoms with E-state index in [1.807, 2.05) is 30.3 Å². The number of hydrogen-bond donors (Lipinski definition) is 0. The van der Waals surface area contributed by atoms with Gasteiger partial charge in [-0.1, -0.05) is 24.3 Å². The highest BCUT2D eigenvalue weighted by Crippen LogP contribution is 2.32. The summed E-state index contributed by atoms with van der Waals surface area (Å²) in [6, 6.07) is 12.7. The summed E-state index contributed by atoms with van der Waals surface area (Å²) in [4.78, 5) is 12.2. The van der Waals surface area contributed by atoms with Crippen LogP contribution in [0.25, 0.3) is 6.08 Å². The maximum Gasteiger partial charge on any atom is 0.231 e. The molecule has 2 aromatic rings. The first-order valence-electron chi connectivity index (χ1n) is 6.53. The lowest BCUT2D eigenvalue weighted by atomic mass is 10.1. The van der Waals surface area contributed by atoms with E-state index in [4.69, 9.17) is 14.2 Å². The van der Waals surface area contributed by atoms with Crippen LogP contribution in [0.2, 0.25) is 0 Å². The number of carbonyl (C=O) groups excluding carboxylic acids is 1. The van der Waals surface area contributed by atoms with Gasteiger partial charge < -0.3 is 14.2 Å². The third kappa shape index (κ3) is 2.74. The van der Waals surface area contributed by atoms with Crippen molar-refractivity contribution in [3.05, 3.63) is 59.7 Å². The fraction of sp³-hybridized carbons (Fsp3) is 0.118. The van der Waals surface area contributed by atoms with Gasteiger partial charge in [0.15, 0.2) is 17.3 Å². The van der Waals surface area contributed by atoms with Crippen LogP contribution in [0.1, 0.15) is 15.9 Å². The van der Waals surface area contributed by atoms with Crippen molar-refractivity contribution in [2.75, 3.05) is 13.9 Å². The molecule has 21 heavy (non-hydrogen) atoms. The molecule has 4 heteroatoms. The lowest BCUT2D eigenvalue weighted by Gasteiger charge is -2.04. The second kappa shape index (κ2) is 5.71. The van der Waals surface area contributed by atoms with Crippen LogP contribution >= 0.6 is 0 Å². The molecular weight excluding hydrogens is 268 g/mol. The van der Waals surface area contributed by atoms with Crippen LogP contribution < -0.4 is 14.2 Å². The molecular formula is C17H14O4. The summed E-state index contributed by atoms with van der Waals surface area (Å²) >= 11 is 0. The quantitative estimate of drug-likeness (QED) is 0.637. The summed E-state index contributed by atoms with van der Waals surface area (Å²) in [5.74, 6) is 1.88. The Labute approximate surface area is 122 Å². The van der Waals surface area contributed by atoms with Crippen LogP contribution in [0.4, 0.5) is 0 Å². The number of ether oxygens (including phenoxy) is 3. The van der Waals surface area contributed by atoms with Gasteiger partial charge in [-0.3, -0.25) is 4.79 Å². The number of para-hydroxylation sites is 1. The van der Waals surface area contributed by atoms with Gasteiger partial charge in [-0.2, -0.15) is 0 Å². The van der Waals surface area contributed by atoms with E-state index in [1.165, 1.54) is 6.08 Å². The van der Waals surface area contributed by atoms with Gasteiger partial charge in [-0.25, -0.2) is 0 Å². The normalized spacial score (nSPS) is 12.6. The number of carbonyl (C=O) groups is 1. The Morgan fingerprint density at radius 2 is 1.95 bits per heavy atom. The Bertz CT molecular complexity index is 704. The average molecular weight is 282 g/mol. The zero-order valence-electron chi connectivity index (χ0n) is 11.5. The monoisotopic (exact) mass is 282 g/mol. The predicted octanol–water partition coefficient (Wildman–Crippen LogP) is 3.32. The van der Waals surface area contributed by atoms with Gasteiger partial charge in [-0.15, -0.1) is 0 Å². The number of benzene rings is 2. The molecule has 0 amide bonds. The highest BCUT2D eigenvalue weighted by Gasteiger charge is 2.13. The van der Waals surface area contributed by atoms with Crippen molar-refractivity contribution in [1.29, 1.82) is 0 Å². The Hall–Kier alpha value is -2.75. The molecule has 0 saturated carbocycles. The minimum absolute atomic E-state index is 0.106. The standard InChI is InChI=1S/C17H14O4/c1-19-15-5-3-2-4-13(15)14(18)8-6-12-7-9-16-17(10-12)21-11-20-16/h2-10H,11H2,1H3/b8-6+. The molecule has 1 heterocycles. The van der Waals surface area contributed by atoms with Crippen LogP contribution in [0.5, 0.6) is 17.2 Å². The molecule has 2 aromatic carbocycles. The minimum Gasteiger partial charge on any atom is -0.496 e. The predicted molar refractivity (Wildman–Crippen MR) is 78.9 cm³/mol. The fourth-order valence-electron chi connectivity index (χ4n) is 2.13. The van der Waals surface area contributed by atoms with Crippen LogP contribution in [0, 0.1) is 0 Å². The summed E-state index contributed by atoms with van der Waals surface area (Å²) in [5.41, 5.74) is 1.42. The molecule has 0 bridgehead atoms. The fourth-order valence-corrected chi connectivity index (χ4v) is 2.13. The topological polar surface area (TPSA) is 44.8 Å². The Morgan fingerprint density at radius 1 is 1.14 bits per heavy atom. The van der Waals surface area contributed by atoms with Crippen molar-refractivity contribution in [2.24, 2.45) is 0 Å². The molecule has 0 unspecified atom stereocenters. The third-order valence-corrected chi connectivity index (χ3v) is 3.20. The van der Waals surface area contributed by atoms with Crippen molar-refractivity contribution in [3.8, 4) is 17.2 Å². The first-order chi connectivity index (χ1) is 10.3. The highest BCUT2D eigenvalue weighted by molar-refractivity contribution is 6.08. The second-order valence-electron chi connectivity index (χ2n) is 4.51. The van der Waals surface area contributed by atoms with Gasteiger partial charge in [0.1, 0.15) is 5.75 Å². The average Bonchev–Trinajstić information content (AvgIpc) is 3.00. The van der Waals surface area contributed by atoms with Gasteiger partial charge in [0.05, 0.1) is 12.7 Å². The van der Waals surface area contributed by atoms with E-state index in [0.717, 1.165) is 11.3 Å². The first kappa shape index (κ1) is 13.2. The lowest BCUT2D eigenvalue weighted by molar-refractivity contribution is 0.104. The van der Waals surface area contributed by atoms with E-state index in [9.17, 15) is 4.79 Å². The highest BCUT2D eigenvalue weighted by atomic mass is 16.7. The summed E-state index contributed by atoms with van der Waals surface area (Å²) in [5, 5.41) is 0. The van der Waals surface area contributed by atoms with Crippen molar-refractivity contribution in [2.45, 2.75) is 0 Å². The minimum atomic E-state index is -0.106. The van der Waals surface area contributed by atoms with E-state index in [-0.39, 0.29) is 12.6 Å². The SMILES string of the molecule is COc1ccccc1C(=O)/C=C/c1ccc2c(c1)OCO2. The number of fused-ring (bicyclic) bond motifs is 1. The van der Waals surface area contributed by atoms with Crippen LogP contribution in [-0.4, -0.2) is 19.7 Å². The Balaban J connectivity index is 1.81. The van der Waals surface area contributed by atoms with Gasteiger partial charge >= 0.3 is 0 Å². The van der Waals surface area contributed by atoms with E-state index < -0.39 is 0 Å². The Morgan fingerprint density at radius 3 is 2.81 bits per heavy atom. The molecule has 0 N–H and O–H groups in total. The van der Waals surface area contributed by atoms with Gasteiger partial charge in [0, 0.05) is 0 Å². The summed E-state index contributed by atoms with van der Waals surface area (Å²) in [6.07, 6.45) is 3.27. The molecule has 0 aromatic heterocycles. The molecule has 3 rings (SSSR count). The summed E-state index contributed by atoms with van der Waals surface area (Å²) in [7, 11) is 1.55. The van der Waals surface area contributed by atoms with E-state index in [1.54, 1.807) is 25.3 Å². The molecule has 1 aliphatic heterocycles. The molecule has 0 saturated heterocycles. The van der Waals surface area contributed by atoms with Crippen LogP contribution in [-0.2, 0) is 0 Å². The van der Waals surface area contributed by atoms with E-state index >= 15 is 0 Å². The van der Waals surface area contributed by atoms with Gasteiger partial charge in [-0.05, 0) is 35.9 Å². The molecule has 1 aliphatic rings. The number of methoxy groups -OCH3 is 1. The zero-order chi connectivity index (χ0) is 14.7. The van der Waals surface area contributed by atoms with Crippen molar-refractivity contribution in [1.82, 2.24) is 0 Å². The summed E-state index contributed by atoms with van der Waals surface area (Å²) in [6.45, 7) is 0.239. The van der Waals surface area contributed by atoms with Crippen molar-refractivity contribution in [3.63, 3.8) is 0 Å². The molecule has 0 fully saturated rings. The zero-order valence-corrected chi connectivity index (χ0v) is 11.5. The van der Waals surface area contributed by atoms with Crippen molar-refractivity contribution < 1.29 is 19.0 Å². The molecule has 0 aliphatic carbocycles. The van der Waals surface area contributed by atoms with Crippen LogP contribution in [0.15, 0.2) is 48.5 Å². The number of ketones is 1. The first-order valence-corrected chi connectivity index (χ1v) is 6.53. The Kier molecular flexibility index (Phi) is 3.60.